The maximum Gasteiger partial charge on any atom is 0.236 e. The van der Waals surface area contributed by atoms with Gasteiger partial charge in [-0.2, -0.15) is 0 Å². The van der Waals surface area contributed by atoms with E-state index in [2.05, 4.69) is 4.90 Å². The lowest BCUT2D eigenvalue weighted by Gasteiger charge is -2.34. The molecule has 0 spiro atoms. The molecule has 1 saturated carbocycles. The monoisotopic (exact) mass is 241 g/mol. The standard InChI is InChI=1S/C13H27N3O/c1-3-15(2)13(17)11-16(10-9-14)12-7-5-4-6-8-12/h12H,3-11,14H2,1-2H3. The molecule has 1 aliphatic rings. The molecule has 0 heterocycles. The quantitative estimate of drug-likeness (QED) is 0.756. The Balaban J connectivity index is 2.49. The largest absolute Gasteiger partial charge is 0.345 e. The number of rotatable bonds is 6. The van der Waals surface area contributed by atoms with Gasteiger partial charge in [0.05, 0.1) is 6.54 Å². The first-order valence-corrected chi connectivity index (χ1v) is 6.87. The number of carbonyl (C=O) groups excluding carboxylic acids is 1. The Morgan fingerprint density at radius 2 is 1.94 bits per heavy atom. The van der Waals surface area contributed by atoms with Crippen LogP contribution in [0, 0.1) is 0 Å². The summed E-state index contributed by atoms with van der Waals surface area (Å²) in [5, 5.41) is 0. The third kappa shape index (κ3) is 4.64. The number of likely N-dealkylation sites (N-methyl/N-ethyl adjacent to an activating group) is 1. The molecule has 0 bridgehead atoms. The summed E-state index contributed by atoms with van der Waals surface area (Å²) in [6, 6.07) is 0.571. The lowest BCUT2D eigenvalue weighted by molar-refractivity contribution is -0.131. The topological polar surface area (TPSA) is 49.6 Å². The summed E-state index contributed by atoms with van der Waals surface area (Å²) < 4.78 is 0. The molecule has 0 aliphatic heterocycles. The molecule has 0 aromatic rings. The Labute approximate surface area is 105 Å². The highest BCUT2D eigenvalue weighted by atomic mass is 16.2. The first kappa shape index (κ1) is 14.5. The molecule has 100 valence electrons. The number of carbonyl (C=O) groups is 1. The fourth-order valence-corrected chi connectivity index (χ4v) is 2.47. The Hall–Kier alpha value is -0.610. The summed E-state index contributed by atoms with van der Waals surface area (Å²) in [7, 11) is 1.86. The average molecular weight is 241 g/mol. The van der Waals surface area contributed by atoms with Crippen molar-refractivity contribution < 1.29 is 4.79 Å². The van der Waals surface area contributed by atoms with Crippen molar-refractivity contribution >= 4 is 5.91 Å². The van der Waals surface area contributed by atoms with Crippen molar-refractivity contribution in [3.8, 4) is 0 Å². The summed E-state index contributed by atoms with van der Waals surface area (Å²) in [6.07, 6.45) is 6.38. The van der Waals surface area contributed by atoms with E-state index in [4.69, 9.17) is 5.73 Å². The predicted octanol–water partition coefficient (Wildman–Crippen LogP) is 1.06. The summed E-state index contributed by atoms with van der Waals surface area (Å²) >= 11 is 0. The minimum Gasteiger partial charge on any atom is -0.345 e. The Morgan fingerprint density at radius 1 is 1.29 bits per heavy atom. The van der Waals surface area contributed by atoms with E-state index in [1.165, 1.54) is 32.1 Å². The van der Waals surface area contributed by atoms with Crippen molar-refractivity contribution in [2.24, 2.45) is 5.73 Å². The molecule has 1 amide bonds. The summed E-state index contributed by atoms with van der Waals surface area (Å²) in [5.74, 6) is 0.214. The zero-order valence-electron chi connectivity index (χ0n) is 11.3. The normalized spacial score (nSPS) is 17.4. The van der Waals surface area contributed by atoms with E-state index in [1.807, 2.05) is 14.0 Å². The minimum absolute atomic E-state index is 0.214. The van der Waals surface area contributed by atoms with Gasteiger partial charge in [0.15, 0.2) is 0 Å². The highest BCUT2D eigenvalue weighted by Gasteiger charge is 2.23. The molecule has 0 saturated heterocycles. The van der Waals surface area contributed by atoms with Crippen LogP contribution in [0.3, 0.4) is 0 Å². The predicted molar refractivity (Wildman–Crippen MR) is 70.8 cm³/mol. The van der Waals surface area contributed by atoms with E-state index >= 15 is 0 Å². The first-order valence-electron chi connectivity index (χ1n) is 6.87. The van der Waals surface area contributed by atoms with E-state index in [0.717, 1.165) is 13.1 Å². The number of nitrogens with two attached hydrogens (primary N) is 1. The van der Waals surface area contributed by atoms with E-state index in [1.54, 1.807) is 4.90 Å². The molecular weight excluding hydrogens is 214 g/mol. The highest BCUT2D eigenvalue weighted by Crippen LogP contribution is 2.22. The summed E-state index contributed by atoms with van der Waals surface area (Å²) in [6.45, 7) is 4.80. The number of hydrogen-bond donors (Lipinski definition) is 1. The van der Waals surface area contributed by atoms with Gasteiger partial charge in [0.25, 0.3) is 0 Å². The highest BCUT2D eigenvalue weighted by molar-refractivity contribution is 5.77. The van der Waals surface area contributed by atoms with Gasteiger partial charge in [0.1, 0.15) is 0 Å². The van der Waals surface area contributed by atoms with Crippen LogP contribution in [-0.2, 0) is 4.79 Å². The maximum absolute atomic E-state index is 11.9. The second-order valence-corrected chi connectivity index (χ2v) is 4.96. The molecule has 0 unspecified atom stereocenters. The molecule has 2 N–H and O–H groups in total. The van der Waals surface area contributed by atoms with Crippen molar-refractivity contribution in [3.05, 3.63) is 0 Å². The van der Waals surface area contributed by atoms with E-state index in [0.29, 0.717) is 19.1 Å². The van der Waals surface area contributed by atoms with Gasteiger partial charge in [0, 0.05) is 32.7 Å². The van der Waals surface area contributed by atoms with Gasteiger partial charge in [-0.05, 0) is 19.8 Å². The molecule has 0 aromatic carbocycles. The summed E-state index contributed by atoms with van der Waals surface area (Å²) in [4.78, 5) is 16.0. The Morgan fingerprint density at radius 3 is 2.47 bits per heavy atom. The lowest BCUT2D eigenvalue weighted by Crippen LogP contribution is -2.46. The van der Waals surface area contributed by atoms with Crippen molar-refractivity contribution in [3.63, 3.8) is 0 Å². The van der Waals surface area contributed by atoms with E-state index in [9.17, 15) is 4.79 Å². The van der Waals surface area contributed by atoms with Crippen LogP contribution < -0.4 is 5.73 Å². The number of nitrogens with zero attached hydrogens (tertiary/aromatic N) is 2. The second-order valence-electron chi connectivity index (χ2n) is 4.96. The Bertz CT molecular complexity index is 227. The molecule has 4 heteroatoms. The fourth-order valence-electron chi connectivity index (χ4n) is 2.47. The van der Waals surface area contributed by atoms with Crippen molar-refractivity contribution in [2.45, 2.75) is 45.1 Å². The van der Waals surface area contributed by atoms with Crippen LogP contribution in [0.2, 0.25) is 0 Å². The van der Waals surface area contributed by atoms with Crippen molar-refractivity contribution in [2.75, 3.05) is 33.2 Å². The van der Waals surface area contributed by atoms with Gasteiger partial charge in [-0.25, -0.2) is 0 Å². The molecule has 1 fully saturated rings. The second kappa shape index (κ2) is 7.67. The third-order valence-electron chi connectivity index (χ3n) is 3.75. The lowest BCUT2D eigenvalue weighted by atomic mass is 9.94. The van der Waals surface area contributed by atoms with Crippen LogP contribution in [0.1, 0.15) is 39.0 Å². The molecule has 0 atom stereocenters. The van der Waals surface area contributed by atoms with Crippen LogP contribution in [0.15, 0.2) is 0 Å². The van der Waals surface area contributed by atoms with Gasteiger partial charge in [-0.15, -0.1) is 0 Å². The molecule has 0 radical (unpaired) electrons. The van der Waals surface area contributed by atoms with Gasteiger partial charge in [-0.1, -0.05) is 19.3 Å². The minimum atomic E-state index is 0.214. The average Bonchev–Trinajstić information content (AvgIpc) is 2.38. The van der Waals surface area contributed by atoms with Crippen LogP contribution >= 0.6 is 0 Å². The van der Waals surface area contributed by atoms with E-state index in [-0.39, 0.29) is 5.91 Å². The van der Waals surface area contributed by atoms with Gasteiger partial charge in [-0.3, -0.25) is 9.69 Å². The maximum atomic E-state index is 11.9. The molecule has 1 rings (SSSR count). The van der Waals surface area contributed by atoms with Crippen LogP contribution in [-0.4, -0.2) is 55.0 Å². The van der Waals surface area contributed by atoms with Gasteiger partial charge < -0.3 is 10.6 Å². The van der Waals surface area contributed by atoms with Crippen molar-refractivity contribution in [1.29, 1.82) is 0 Å². The smallest absolute Gasteiger partial charge is 0.236 e. The molecule has 0 aromatic heterocycles. The molecule has 4 nitrogen and oxygen atoms in total. The molecule has 17 heavy (non-hydrogen) atoms. The fraction of sp³-hybridized carbons (Fsp3) is 0.923. The van der Waals surface area contributed by atoms with Crippen LogP contribution in [0.5, 0.6) is 0 Å². The zero-order chi connectivity index (χ0) is 12.7. The molecular formula is C13H27N3O. The van der Waals surface area contributed by atoms with Crippen molar-refractivity contribution in [1.82, 2.24) is 9.80 Å². The zero-order valence-corrected chi connectivity index (χ0v) is 11.3. The van der Waals surface area contributed by atoms with Crippen LogP contribution in [0.25, 0.3) is 0 Å². The Kier molecular flexibility index (Phi) is 6.52. The van der Waals surface area contributed by atoms with E-state index < -0.39 is 0 Å². The van der Waals surface area contributed by atoms with Gasteiger partial charge >= 0.3 is 0 Å². The number of hydrogen-bond acceptors (Lipinski definition) is 3. The van der Waals surface area contributed by atoms with Gasteiger partial charge in [0.2, 0.25) is 5.91 Å². The SMILES string of the molecule is CCN(C)C(=O)CN(CCN)C1CCCCC1. The first-order chi connectivity index (χ1) is 8.19. The van der Waals surface area contributed by atoms with Crippen LogP contribution in [0.4, 0.5) is 0 Å². The number of amides is 1. The third-order valence-corrected chi connectivity index (χ3v) is 3.75. The summed E-state index contributed by atoms with van der Waals surface area (Å²) in [5.41, 5.74) is 5.65. The molecule has 1 aliphatic carbocycles.